The number of hydrogen-bond acceptors (Lipinski definition) is 2. The van der Waals surface area contributed by atoms with Crippen LogP contribution in [0.2, 0.25) is 5.02 Å². The fourth-order valence-electron chi connectivity index (χ4n) is 1.48. The number of halogens is 2. The second kappa shape index (κ2) is 6.20. The van der Waals surface area contributed by atoms with E-state index >= 15 is 0 Å². The third kappa shape index (κ3) is 3.23. The molecule has 0 fully saturated rings. The van der Waals surface area contributed by atoms with E-state index in [9.17, 15) is 4.79 Å². The van der Waals surface area contributed by atoms with Crippen LogP contribution in [0.4, 0.5) is 0 Å². The van der Waals surface area contributed by atoms with E-state index in [1.165, 1.54) is 0 Å². The summed E-state index contributed by atoms with van der Waals surface area (Å²) in [6.07, 6.45) is 0.819. The topological polar surface area (TPSA) is 26.3 Å². The minimum atomic E-state index is 0.413. The highest BCUT2D eigenvalue weighted by Crippen LogP contribution is 2.24. The lowest BCUT2D eigenvalue weighted by molar-refractivity contribution is 0.112. The largest absolute Gasteiger partial charge is 0.488 e. The van der Waals surface area contributed by atoms with Crippen LogP contribution >= 0.6 is 34.2 Å². The van der Waals surface area contributed by atoms with Crippen molar-refractivity contribution in [3.05, 3.63) is 62.2 Å². The molecule has 0 atom stereocenters. The van der Waals surface area contributed by atoms with E-state index in [0.29, 0.717) is 17.2 Å². The van der Waals surface area contributed by atoms with Gasteiger partial charge in [-0.3, -0.25) is 4.79 Å². The monoisotopic (exact) mass is 372 g/mol. The van der Waals surface area contributed by atoms with Gasteiger partial charge in [-0.1, -0.05) is 29.8 Å². The van der Waals surface area contributed by atoms with Crippen LogP contribution in [0.15, 0.2) is 42.5 Å². The molecule has 2 rings (SSSR count). The van der Waals surface area contributed by atoms with Crippen LogP contribution in [0.25, 0.3) is 0 Å². The molecule has 0 spiro atoms. The molecule has 0 aliphatic rings. The average molecular weight is 373 g/mol. The first kappa shape index (κ1) is 13.4. The number of rotatable bonds is 4. The maximum Gasteiger partial charge on any atom is 0.150 e. The Kier molecular flexibility index (Phi) is 4.60. The molecule has 0 bridgehead atoms. The van der Waals surface area contributed by atoms with Crippen molar-refractivity contribution in [1.29, 1.82) is 0 Å². The van der Waals surface area contributed by atoms with E-state index in [1.54, 1.807) is 18.2 Å². The Morgan fingerprint density at radius 1 is 1.22 bits per heavy atom. The molecule has 92 valence electrons. The first-order valence-corrected chi connectivity index (χ1v) is 6.77. The Labute approximate surface area is 124 Å². The van der Waals surface area contributed by atoms with Crippen LogP contribution in [0.3, 0.4) is 0 Å². The summed E-state index contributed by atoms with van der Waals surface area (Å²) in [7, 11) is 0. The second-order valence-electron chi connectivity index (χ2n) is 3.69. The first-order chi connectivity index (χ1) is 8.70. The molecular weight excluding hydrogens is 363 g/mol. The summed E-state index contributed by atoms with van der Waals surface area (Å²) in [5.74, 6) is 0.751. The van der Waals surface area contributed by atoms with Gasteiger partial charge in [0.1, 0.15) is 18.6 Å². The van der Waals surface area contributed by atoms with E-state index in [1.807, 2.05) is 24.3 Å². The summed E-state index contributed by atoms with van der Waals surface area (Å²) < 4.78 is 6.60. The molecule has 0 heterocycles. The molecule has 0 unspecified atom stereocenters. The van der Waals surface area contributed by atoms with Crippen molar-refractivity contribution in [1.82, 2.24) is 0 Å². The minimum Gasteiger partial charge on any atom is -0.488 e. The zero-order chi connectivity index (χ0) is 13.0. The Morgan fingerprint density at radius 2 is 2.00 bits per heavy atom. The number of hydrogen-bond donors (Lipinski definition) is 0. The van der Waals surface area contributed by atoms with Crippen LogP contribution in [-0.4, -0.2) is 6.29 Å². The van der Waals surface area contributed by atoms with Gasteiger partial charge >= 0.3 is 0 Å². The van der Waals surface area contributed by atoms with E-state index in [4.69, 9.17) is 16.3 Å². The zero-order valence-electron chi connectivity index (χ0n) is 9.40. The van der Waals surface area contributed by atoms with Gasteiger partial charge in [0, 0.05) is 16.1 Å². The normalized spacial score (nSPS) is 10.1. The molecule has 4 heteroatoms. The van der Waals surface area contributed by atoms with E-state index < -0.39 is 0 Å². The molecule has 2 aromatic rings. The van der Waals surface area contributed by atoms with Gasteiger partial charge in [0.05, 0.1) is 3.57 Å². The lowest BCUT2D eigenvalue weighted by Crippen LogP contribution is -1.98. The summed E-state index contributed by atoms with van der Waals surface area (Å²) >= 11 is 8.19. The van der Waals surface area contributed by atoms with Crippen molar-refractivity contribution in [3.8, 4) is 5.75 Å². The third-order valence-corrected chi connectivity index (χ3v) is 3.64. The van der Waals surface area contributed by atoms with Crippen molar-refractivity contribution in [2.75, 3.05) is 0 Å². The second-order valence-corrected chi connectivity index (χ2v) is 5.26. The standard InChI is InChI=1S/C14H10ClIO2/c15-12-4-2-1-3-11(12)9-18-14-6-5-10(8-17)7-13(14)16/h1-8H,9H2. The molecule has 0 amide bonds. The maximum absolute atomic E-state index is 10.6. The first-order valence-electron chi connectivity index (χ1n) is 5.31. The fraction of sp³-hybridized carbons (Fsp3) is 0.0714. The van der Waals surface area contributed by atoms with Crippen LogP contribution in [0.1, 0.15) is 15.9 Å². The number of benzene rings is 2. The van der Waals surface area contributed by atoms with Crippen molar-refractivity contribution in [3.63, 3.8) is 0 Å². The molecule has 0 aliphatic carbocycles. The summed E-state index contributed by atoms with van der Waals surface area (Å²) in [6.45, 7) is 0.413. The van der Waals surface area contributed by atoms with Crippen LogP contribution in [0.5, 0.6) is 5.75 Å². The lowest BCUT2D eigenvalue weighted by atomic mass is 10.2. The molecule has 2 nitrogen and oxygen atoms in total. The van der Waals surface area contributed by atoms with Gasteiger partial charge in [-0.05, 0) is 46.9 Å². The molecule has 2 aromatic carbocycles. The van der Waals surface area contributed by atoms with Gasteiger partial charge in [0.25, 0.3) is 0 Å². The molecular formula is C14H10ClIO2. The molecule has 0 aromatic heterocycles. The minimum absolute atomic E-state index is 0.413. The molecule has 0 N–H and O–H groups in total. The number of ether oxygens (including phenoxy) is 1. The molecule has 0 saturated heterocycles. The van der Waals surface area contributed by atoms with Crippen molar-refractivity contribution < 1.29 is 9.53 Å². The van der Waals surface area contributed by atoms with Crippen molar-refractivity contribution in [2.24, 2.45) is 0 Å². The predicted molar refractivity (Wildman–Crippen MR) is 80.3 cm³/mol. The summed E-state index contributed by atoms with van der Waals surface area (Å²) in [4.78, 5) is 10.6. The highest BCUT2D eigenvalue weighted by Gasteiger charge is 2.04. The Balaban J connectivity index is 2.11. The van der Waals surface area contributed by atoms with E-state index in [-0.39, 0.29) is 0 Å². The lowest BCUT2D eigenvalue weighted by Gasteiger charge is -2.09. The average Bonchev–Trinajstić information content (AvgIpc) is 2.39. The van der Waals surface area contributed by atoms with Crippen LogP contribution in [0, 0.1) is 3.57 Å². The Hall–Kier alpha value is -1.07. The number of aldehydes is 1. The molecule has 0 radical (unpaired) electrons. The van der Waals surface area contributed by atoms with Gasteiger partial charge in [-0.15, -0.1) is 0 Å². The Bertz CT molecular complexity index is 569. The van der Waals surface area contributed by atoms with Crippen molar-refractivity contribution in [2.45, 2.75) is 6.61 Å². The van der Waals surface area contributed by atoms with Gasteiger partial charge in [0.15, 0.2) is 0 Å². The highest BCUT2D eigenvalue weighted by molar-refractivity contribution is 14.1. The fourth-order valence-corrected chi connectivity index (χ4v) is 2.36. The predicted octanol–water partition coefficient (Wildman–Crippen LogP) is 4.34. The zero-order valence-corrected chi connectivity index (χ0v) is 12.3. The van der Waals surface area contributed by atoms with Gasteiger partial charge in [0.2, 0.25) is 0 Å². The van der Waals surface area contributed by atoms with Crippen LogP contribution < -0.4 is 4.74 Å². The van der Waals surface area contributed by atoms with E-state index in [2.05, 4.69) is 22.6 Å². The van der Waals surface area contributed by atoms with Gasteiger partial charge in [-0.2, -0.15) is 0 Å². The third-order valence-electron chi connectivity index (χ3n) is 2.43. The smallest absolute Gasteiger partial charge is 0.150 e. The summed E-state index contributed by atoms with van der Waals surface area (Å²) in [5.41, 5.74) is 1.58. The summed E-state index contributed by atoms with van der Waals surface area (Å²) in [6, 6.07) is 12.9. The Morgan fingerprint density at radius 3 is 2.67 bits per heavy atom. The van der Waals surface area contributed by atoms with Gasteiger partial charge in [-0.25, -0.2) is 0 Å². The number of carbonyl (C=O) groups excluding carboxylic acids is 1. The van der Waals surface area contributed by atoms with E-state index in [0.717, 1.165) is 21.2 Å². The maximum atomic E-state index is 10.6. The SMILES string of the molecule is O=Cc1ccc(OCc2ccccc2Cl)c(I)c1. The highest BCUT2D eigenvalue weighted by atomic mass is 127. The molecule has 0 aliphatic heterocycles. The van der Waals surface area contributed by atoms with Crippen LogP contribution in [-0.2, 0) is 6.61 Å². The van der Waals surface area contributed by atoms with Gasteiger partial charge < -0.3 is 4.74 Å². The number of carbonyl (C=O) groups is 1. The summed E-state index contributed by atoms with van der Waals surface area (Å²) in [5, 5.41) is 0.692. The molecule has 0 saturated carbocycles. The van der Waals surface area contributed by atoms with Crippen molar-refractivity contribution >= 4 is 40.5 Å². The molecule has 18 heavy (non-hydrogen) atoms. The quantitative estimate of drug-likeness (QED) is 0.590.